The standard InChI is InChI=1S/C27H24F4/c1-17-7-11-21(25(29)24(17)28)14-10-18-8-12-20(13-9-18)23-16-15-22(26(30)27(23)31)19-5-3-2-4-6-19/h2-7,10-11,14-16,18,20H,8-9,12-13H2,1H3. The van der Waals surface area contributed by atoms with E-state index in [9.17, 15) is 17.6 Å². The lowest BCUT2D eigenvalue weighted by Crippen LogP contribution is -2.13. The van der Waals surface area contributed by atoms with E-state index in [1.165, 1.54) is 6.92 Å². The van der Waals surface area contributed by atoms with Crippen LogP contribution in [0.25, 0.3) is 17.2 Å². The Labute approximate surface area is 180 Å². The number of benzene rings is 3. The summed E-state index contributed by atoms with van der Waals surface area (Å²) in [5.74, 6) is -3.06. The number of halogens is 4. The summed E-state index contributed by atoms with van der Waals surface area (Å²) in [4.78, 5) is 0. The predicted molar refractivity (Wildman–Crippen MR) is 117 cm³/mol. The first-order valence-corrected chi connectivity index (χ1v) is 10.6. The van der Waals surface area contributed by atoms with E-state index in [1.807, 2.05) is 12.1 Å². The molecule has 3 aromatic carbocycles. The first kappa shape index (κ1) is 21.4. The smallest absolute Gasteiger partial charge is 0.166 e. The molecule has 1 fully saturated rings. The Balaban J connectivity index is 1.44. The van der Waals surface area contributed by atoms with Crippen molar-refractivity contribution in [3.05, 3.63) is 101 Å². The molecule has 0 atom stereocenters. The van der Waals surface area contributed by atoms with Crippen LogP contribution in [0.4, 0.5) is 17.6 Å². The lowest BCUT2D eigenvalue weighted by atomic mass is 9.78. The molecule has 0 saturated heterocycles. The fourth-order valence-corrected chi connectivity index (χ4v) is 4.37. The highest BCUT2D eigenvalue weighted by Crippen LogP contribution is 2.39. The van der Waals surface area contributed by atoms with Gasteiger partial charge in [0.25, 0.3) is 0 Å². The van der Waals surface area contributed by atoms with Crippen LogP contribution in [0.3, 0.4) is 0 Å². The molecule has 1 aliphatic rings. The molecule has 4 rings (SSSR count). The topological polar surface area (TPSA) is 0 Å². The number of aryl methyl sites for hydroxylation is 1. The van der Waals surface area contributed by atoms with E-state index in [4.69, 9.17) is 0 Å². The van der Waals surface area contributed by atoms with Crippen molar-refractivity contribution in [1.29, 1.82) is 0 Å². The van der Waals surface area contributed by atoms with Crippen LogP contribution in [0.1, 0.15) is 48.3 Å². The number of rotatable bonds is 4. The van der Waals surface area contributed by atoms with E-state index < -0.39 is 23.3 Å². The predicted octanol–water partition coefficient (Wildman–Crippen LogP) is 8.21. The summed E-state index contributed by atoms with van der Waals surface area (Å²) in [6.07, 6.45) is 6.55. The van der Waals surface area contributed by atoms with Gasteiger partial charge < -0.3 is 0 Å². The average molecular weight is 424 g/mol. The minimum absolute atomic E-state index is 0.0440. The zero-order valence-electron chi connectivity index (χ0n) is 17.3. The highest BCUT2D eigenvalue weighted by molar-refractivity contribution is 5.64. The fourth-order valence-electron chi connectivity index (χ4n) is 4.37. The third-order valence-electron chi connectivity index (χ3n) is 6.26. The van der Waals surface area contributed by atoms with Crippen molar-refractivity contribution in [3.8, 4) is 11.1 Å². The Hall–Kier alpha value is -2.88. The largest absolute Gasteiger partial charge is 0.203 e. The average Bonchev–Trinajstić information content (AvgIpc) is 2.80. The number of allylic oxidation sites excluding steroid dienone is 1. The summed E-state index contributed by atoms with van der Waals surface area (Å²) in [6, 6.07) is 15.4. The molecule has 1 aliphatic carbocycles. The maximum atomic E-state index is 14.8. The van der Waals surface area contributed by atoms with Crippen molar-refractivity contribution in [2.75, 3.05) is 0 Å². The molecule has 0 heterocycles. The lowest BCUT2D eigenvalue weighted by molar-refractivity contribution is 0.365. The molecule has 0 radical (unpaired) electrons. The summed E-state index contributed by atoms with van der Waals surface area (Å²) in [7, 11) is 0. The van der Waals surface area contributed by atoms with E-state index in [0.29, 0.717) is 11.1 Å². The Morgan fingerprint density at radius 3 is 2.13 bits per heavy atom. The zero-order chi connectivity index (χ0) is 22.0. The number of hydrogen-bond acceptors (Lipinski definition) is 0. The molecule has 4 heteroatoms. The summed E-state index contributed by atoms with van der Waals surface area (Å²) in [6.45, 7) is 1.53. The molecule has 0 N–H and O–H groups in total. The summed E-state index contributed by atoms with van der Waals surface area (Å²) >= 11 is 0. The van der Waals surface area contributed by atoms with Crippen LogP contribution in [0.2, 0.25) is 0 Å². The SMILES string of the molecule is Cc1ccc(C=CC2CCC(c3ccc(-c4ccccc4)c(F)c3F)CC2)c(F)c1F. The molecule has 160 valence electrons. The molecule has 0 amide bonds. The van der Waals surface area contributed by atoms with Crippen LogP contribution in [0, 0.1) is 36.1 Å². The fraction of sp³-hybridized carbons (Fsp3) is 0.259. The third-order valence-corrected chi connectivity index (χ3v) is 6.26. The minimum atomic E-state index is -0.832. The van der Waals surface area contributed by atoms with Gasteiger partial charge >= 0.3 is 0 Å². The van der Waals surface area contributed by atoms with E-state index >= 15 is 0 Å². The van der Waals surface area contributed by atoms with E-state index in [1.54, 1.807) is 54.6 Å². The molecular formula is C27H24F4. The summed E-state index contributed by atoms with van der Waals surface area (Å²) < 4.78 is 57.3. The third kappa shape index (κ3) is 4.43. The van der Waals surface area contributed by atoms with Crippen molar-refractivity contribution in [1.82, 2.24) is 0 Å². The van der Waals surface area contributed by atoms with Crippen LogP contribution in [0.5, 0.6) is 0 Å². The van der Waals surface area contributed by atoms with Gasteiger partial charge in [0.1, 0.15) is 0 Å². The summed E-state index contributed by atoms with van der Waals surface area (Å²) in [5, 5.41) is 0. The van der Waals surface area contributed by atoms with Crippen LogP contribution in [0.15, 0.2) is 60.7 Å². The zero-order valence-corrected chi connectivity index (χ0v) is 17.3. The monoisotopic (exact) mass is 424 g/mol. The van der Waals surface area contributed by atoms with Gasteiger partial charge in [-0.1, -0.05) is 66.7 Å². The van der Waals surface area contributed by atoms with Crippen molar-refractivity contribution in [2.45, 2.75) is 38.5 Å². The molecular weight excluding hydrogens is 400 g/mol. The quantitative estimate of drug-likeness (QED) is 0.370. The molecule has 0 aliphatic heterocycles. The maximum Gasteiger partial charge on any atom is 0.166 e. The van der Waals surface area contributed by atoms with Gasteiger partial charge in [0.05, 0.1) is 0 Å². The Bertz CT molecular complexity index is 1090. The van der Waals surface area contributed by atoms with Crippen LogP contribution in [-0.4, -0.2) is 0 Å². The van der Waals surface area contributed by atoms with Crippen molar-refractivity contribution in [3.63, 3.8) is 0 Å². The maximum absolute atomic E-state index is 14.8. The highest BCUT2D eigenvalue weighted by Gasteiger charge is 2.25. The van der Waals surface area contributed by atoms with Crippen molar-refractivity contribution >= 4 is 6.08 Å². The normalized spacial score (nSPS) is 19.1. The van der Waals surface area contributed by atoms with E-state index in [0.717, 1.165) is 25.7 Å². The molecule has 3 aromatic rings. The van der Waals surface area contributed by atoms with Gasteiger partial charge in [-0.05, 0) is 61.1 Å². The minimum Gasteiger partial charge on any atom is -0.203 e. The van der Waals surface area contributed by atoms with Crippen molar-refractivity contribution in [2.24, 2.45) is 5.92 Å². The van der Waals surface area contributed by atoms with Crippen molar-refractivity contribution < 1.29 is 17.6 Å². The lowest BCUT2D eigenvalue weighted by Gasteiger charge is -2.27. The molecule has 0 unspecified atom stereocenters. The van der Waals surface area contributed by atoms with Gasteiger partial charge in [0.2, 0.25) is 0 Å². The Morgan fingerprint density at radius 2 is 1.42 bits per heavy atom. The van der Waals surface area contributed by atoms with Crippen LogP contribution in [-0.2, 0) is 0 Å². The molecule has 0 nitrogen and oxygen atoms in total. The van der Waals surface area contributed by atoms with E-state index in [2.05, 4.69) is 0 Å². The Morgan fingerprint density at radius 1 is 0.710 bits per heavy atom. The summed E-state index contributed by atoms with van der Waals surface area (Å²) in [5.41, 5.74) is 1.86. The second kappa shape index (κ2) is 9.09. The van der Waals surface area contributed by atoms with Gasteiger partial charge in [0.15, 0.2) is 23.3 Å². The van der Waals surface area contributed by atoms with Crippen LogP contribution >= 0.6 is 0 Å². The first-order chi connectivity index (χ1) is 15.0. The molecule has 1 saturated carbocycles. The Kier molecular flexibility index (Phi) is 6.26. The second-order valence-electron chi connectivity index (χ2n) is 8.27. The van der Waals surface area contributed by atoms with Crippen LogP contribution < -0.4 is 0 Å². The molecule has 0 aromatic heterocycles. The molecule has 0 bridgehead atoms. The van der Waals surface area contributed by atoms with E-state index in [-0.39, 0.29) is 28.5 Å². The van der Waals surface area contributed by atoms with Gasteiger partial charge in [-0.15, -0.1) is 0 Å². The first-order valence-electron chi connectivity index (χ1n) is 10.6. The molecule has 31 heavy (non-hydrogen) atoms. The highest BCUT2D eigenvalue weighted by atomic mass is 19.2. The van der Waals surface area contributed by atoms with Gasteiger partial charge in [-0.3, -0.25) is 0 Å². The molecule has 0 spiro atoms. The van der Waals surface area contributed by atoms with Gasteiger partial charge in [-0.25, -0.2) is 17.6 Å². The van der Waals surface area contributed by atoms with Gasteiger partial charge in [-0.2, -0.15) is 0 Å². The second-order valence-corrected chi connectivity index (χ2v) is 8.27. The number of hydrogen-bond donors (Lipinski definition) is 0. The van der Waals surface area contributed by atoms with Gasteiger partial charge in [0, 0.05) is 11.1 Å².